The Balaban J connectivity index is 6.88. The van der Waals surface area contributed by atoms with E-state index in [1.165, 1.54) is 0 Å². The van der Waals surface area contributed by atoms with Crippen LogP contribution in [-0.4, -0.2) is 52.2 Å². The number of aliphatic carboxylic acids is 1. The highest BCUT2D eigenvalue weighted by molar-refractivity contribution is 5.87. The maximum absolute atomic E-state index is 14.0. The zero-order valence-corrected chi connectivity index (χ0v) is 12.7. The van der Waals surface area contributed by atoms with E-state index < -0.39 is 59.5 Å². The van der Waals surface area contributed by atoms with Crippen LogP contribution in [0.15, 0.2) is 11.1 Å². The third-order valence-corrected chi connectivity index (χ3v) is 3.26. The highest BCUT2D eigenvalue weighted by Crippen LogP contribution is 2.61. The standard InChI is InChI=1S/C12H11F11O3/c1-4(24)3-6(5(2)7(25)26)8(13,14)10(16,17)9(15,11(18,19)20)12(21,22)23/h4,24H,3H2,1-2H3,(H,25,26)/b6-5+. The number of aliphatic hydroxyl groups is 1. The molecule has 154 valence electrons. The SMILES string of the molecule is C/C(C(=O)O)=C(/CC(C)O)C(F)(F)C(F)(F)C(F)(C(F)(F)F)C(F)(F)F. The first-order chi connectivity index (χ1) is 11.2. The normalized spacial score (nSPS) is 17.0. The maximum atomic E-state index is 14.0. The molecule has 1 atom stereocenters. The Hall–Kier alpha value is -1.60. The molecule has 0 bridgehead atoms. The number of carbonyl (C=O) groups is 1. The van der Waals surface area contributed by atoms with E-state index in [1.54, 1.807) is 0 Å². The van der Waals surface area contributed by atoms with Gasteiger partial charge < -0.3 is 10.2 Å². The molecular weight excluding hydrogens is 401 g/mol. The number of aliphatic hydroxyl groups excluding tert-OH is 1. The lowest BCUT2D eigenvalue weighted by Gasteiger charge is -2.40. The lowest BCUT2D eigenvalue weighted by molar-refractivity contribution is -0.422. The van der Waals surface area contributed by atoms with Crippen LogP contribution < -0.4 is 0 Å². The Morgan fingerprint density at radius 3 is 1.46 bits per heavy atom. The number of hydrogen-bond acceptors (Lipinski definition) is 2. The minimum atomic E-state index is -7.70. The van der Waals surface area contributed by atoms with Gasteiger partial charge in [-0.1, -0.05) is 0 Å². The predicted molar refractivity (Wildman–Crippen MR) is 62.5 cm³/mol. The molecule has 0 aliphatic rings. The van der Waals surface area contributed by atoms with Crippen LogP contribution in [0, 0.1) is 0 Å². The lowest BCUT2D eigenvalue weighted by Crippen LogP contribution is -2.70. The highest BCUT2D eigenvalue weighted by Gasteiger charge is 2.90. The monoisotopic (exact) mass is 412 g/mol. The van der Waals surface area contributed by atoms with Crippen LogP contribution in [0.2, 0.25) is 0 Å². The van der Waals surface area contributed by atoms with Crippen LogP contribution in [0.4, 0.5) is 48.3 Å². The van der Waals surface area contributed by atoms with Crippen molar-refractivity contribution in [3.05, 3.63) is 11.1 Å². The molecule has 3 nitrogen and oxygen atoms in total. The second-order valence-corrected chi connectivity index (χ2v) is 5.26. The van der Waals surface area contributed by atoms with Gasteiger partial charge in [0.25, 0.3) is 0 Å². The first-order valence-electron chi connectivity index (χ1n) is 6.35. The van der Waals surface area contributed by atoms with Crippen molar-refractivity contribution in [3.63, 3.8) is 0 Å². The zero-order valence-electron chi connectivity index (χ0n) is 12.7. The molecule has 0 radical (unpaired) electrons. The Labute approximate surface area is 138 Å². The molecule has 0 saturated heterocycles. The number of rotatable bonds is 6. The van der Waals surface area contributed by atoms with Crippen LogP contribution in [0.25, 0.3) is 0 Å². The van der Waals surface area contributed by atoms with E-state index in [-0.39, 0.29) is 6.92 Å². The van der Waals surface area contributed by atoms with Crippen LogP contribution >= 0.6 is 0 Å². The maximum Gasteiger partial charge on any atom is 0.438 e. The molecule has 0 aromatic rings. The second-order valence-electron chi connectivity index (χ2n) is 5.26. The van der Waals surface area contributed by atoms with Crippen molar-refractivity contribution in [2.24, 2.45) is 0 Å². The average molecular weight is 412 g/mol. The van der Waals surface area contributed by atoms with Gasteiger partial charge in [0.2, 0.25) is 0 Å². The fourth-order valence-electron chi connectivity index (χ4n) is 1.86. The van der Waals surface area contributed by atoms with Crippen molar-refractivity contribution >= 4 is 5.97 Å². The van der Waals surface area contributed by atoms with E-state index in [4.69, 9.17) is 10.2 Å². The highest BCUT2D eigenvalue weighted by atomic mass is 19.4. The van der Waals surface area contributed by atoms with E-state index in [2.05, 4.69) is 0 Å². The van der Waals surface area contributed by atoms with Gasteiger partial charge in [-0.2, -0.15) is 43.9 Å². The molecular formula is C12H11F11O3. The quantitative estimate of drug-likeness (QED) is 0.507. The number of carboxylic acids is 1. The minimum Gasteiger partial charge on any atom is -0.478 e. The van der Waals surface area contributed by atoms with Crippen molar-refractivity contribution in [1.82, 2.24) is 0 Å². The van der Waals surface area contributed by atoms with Crippen molar-refractivity contribution in [1.29, 1.82) is 0 Å². The second kappa shape index (κ2) is 6.85. The summed E-state index contributed by atoms with van der Waals surface area (Å²) in [5.41, 5.74) is -12.0. The molecule has 0 aliphatic carbocycles. The summed E-state index contributed by atoms with van der Waals surface area (Å²) in [6.07, 6.45) is -18.9. The fraction of sp³-hybridized carbons (Fsp3) is 0.750. The molecule has 26 heavy (non-hydrogen) atoms. The zero-order chi connectivity index (χ0) is 21.5. The summed E-state index contributed by atoms with van der Waals surface area (Å²) in [4.78, 5) is 10.7. The number of carboxylic acid groups (broad SMARTS) is 1. The molecule has 0 amide bonds. The summed E-state index contributed by atoms with van der Waals surface area (Å²) in [6.45, 7) is 0.782. The molecule has 0 fully saturated rings. The van der Waals surface area contributed by atoms with Gasteiger partial charge in [-0.15, -0.1) is 0 Å². The summed E-state index contributed by atoms with van der Waals surface area (Å²) < 4.78 is 143. The van der Waals surface area contributed by atoms with Gasteiger partial charge in [0, 0.05) is 17.6 Å². The van der Waals surface area contributed by atoms with Gasteiger partial charge >= 0.3 is 35.8 Å². The van der Waals surface area contributed by atoms with E-state index in [0.29, 0.717) is 6.92 Å². The molecule has 0 heterocycles. The molecule has 0 aliphatic heterocycles. The summed E-state index contributed by atoms with van der Waals surface area (Å²) in [7, 11) is 0. The number of alkyl halides is 11. The van der Waals surface area contributed by atoms with E-state index in [0.717, 1.165) is 0 Å². The molecule has 0 spiro atoms. The van der Waals surface area contributed by atoms with Gasteiger partial charge in [0.15, 0.2) is 0 Å². The Morgan fingerprint density at radius 1 is 0.885 bits per heavy atom. The van der Waals surface area contributed by atoms with Gasteiger partial charge in [0.05, 0.1) is 6.10 Å². The van der Waals surface area contributed by atoms with Crippen LogP contribution in [0.5, 0.6) is 0 Å². The summed E-state index contributed by atoms with van der Waals surface area (Å²) >= 11 is 0. The molecule has 0 aromatic heterocycles. The summed E-state index contributed by atoms with van der Waals surface area (Å²) in [5, 5.41) is 17.5. The van der Waals surface area contributed by atoms with Gasteiger partial charge in [-0.25, -0.2) is 9.18 Å². The Morgan fingerprint density at radius 2 is 1.23 bits per heavy atom. The molecule has 14 heteroatoms. The molecule has 0 aromatic carbocycles. The summed E-state index contributed by atoms with van der Waals surface area (Å²) in [5.74, 6) is -16.5. The fourth-order valence-corrected chi connectivity index (χ4v) is 1.86. The third kappa shape index (κ3) is 3.74. The Bertz CT molecular complexity index is 558. The third-order valence-electron chi connectivity index (χ3n) is 3.26. The average Bonchev–Trinajstić information content (AvgIpc) is 2.39. The van der Waals surface area contributed by atoms with Gasteiger partial charge in [-0.05, 0) is 13.8 Å². The van der Waals surface area contributed by atoms with Crippen molar-refractivity contribution in [2.75, 3.05) is 0 Å². The Kier molecular flexibility index (Phi) is 6.43. The van der Waals surface area contributed by atoms with Crippen LogP contribution in [0.1, 0.15) is 20.3 Å². The van der Waals surface area contributed by atoms with E-state index >= 15 is 0 Å². The topological polar surface area (TPSA) is 57.5 Å². The molecule has 0 rings (SSSR count). The molecule has 1 unspecified atom stereocenters. The smallest absolute Gasteiger partial charge is 0.438 e. The van der Waals surface area contributed by atoms with E-state index in [9.17, 15) is 53.1 Å². The van der Waals surface area contributed by atoms with E-state index in [1.807, 2.05) is 0 Å². The van der Waals surface area contributed by atoms with Crippen molar-refractivity contribution < 1.29 is 63.3 Å². The van der Waals surface area contributed by atoms with Crippen LogP contribution in [-0.2, 0) is 4.79 Å². The van der Waals surface area contributed by atoms with Gasteiger partial charge in [-0.3, -0.25) is 0 Å². The number of halogens is 11. The first kappa shape index (κ1) is 24.4. The minimum absolute atomic E-state index is 0.172. The van der Waals surface area contributed by atoms with Crippen LogP contribution in [0.3, 0.4) is 0 Å². The summed E-state index contributed by atoms with van der Waals surface area (Å²) in [6, 6.07) is 0. The van der Waals surface area contributed by atoms with Gasteiger partial charge in [0.1, 0.15) is 0 Å². The predicted octanol–water partition coefficient (Wildman–Crippen LogP) is 4.26. The largest absolute Gasteiger partial charge is 0.478 e. The molecule has 2 N–H and O–H groups in total. The molecule has 0 saturated carbocycles. The van der Waals surface area contributed by atoms with Crippen molar-refractivity contribution in [3.8, 4) is 0 Å². The number of hydrogen-bond donors (Lipinski definition) is 2. The lowest BCUT2D eigenvalue weighted by atomic mass is 9.84. The first-order valence-corrected chi connectivity index (χ1v) is 6.35. The van der Waals surface area contributed by atoms with Crippen molar-refractivity contribution in [2.45, 2.75) is 56.2 Å².